The number of hydrogen-bond donors (Lipinski definition) is 2. The van der Waals surface area contributed by atoms with Crippen LogP contribution in [-0.4, -0.2) is 14.6 Å². The minimum atomic E-state index is 0.155. The molecule has 2 rings (SSSR count). The molecule has 20 heavy (non-hydrogen) atoms. The normalized spacial score (nSPS) is 12.9. The van der Waals surface area contributed by atoms with E-state index in [9.17, 15) is 0 Å². The summed E-state index contributed by atoms with van der Waals surface area (Å²) in [6.07, 6.45) is 16.1. The Bertz CT molecular complexity index is 508. The molecule has 0 saturated carbocycles. The molecule has 0 radical (unpaired) electrons. The fraction of sp³-hybridized carbons (Fsp3) is 0.600. The van der Waals surface area contributed by atoms with Crippen LogP contribution in [0.1, 0.15) is 63.5 Å². The SMILES string of the molecule is CCCCCCCCC(NN)c1cnn2ccncc12. The molecule has 2 aromatic rings. The van der Waals surface area contributed by atoms with Crippen molar-refractivity contribution in [3.63, 3.8) is 0 Å². The molecule has 5 heteroatoms. The predicted molar refractivity (Wildman–Crippen MR) is 81.0 cm³/mol. The molecule has 0 amide bonds. The third-order valence-corrected chi connectivity index (χ3v) is 3.78. The molecule has 1 atom stereocenters. The van der Waals surface area contributed by atoms with Crippen LogP contribution in [0.25, 0.3) is 5.52 Å². The van der Waals surface area contributed by atoms with Gasteiger partial charge >= 0.3 is 0 Å². The van der Waals surface area contributed by atoms with Crippen LogP contribution in [0.5, 0.6) is 0 Å². The third kappa shape index (κ3) is 3.77. The second-order valence-corrected chi connectivity index (χ2v) is 5.28. The second kappa shape index (κ2) is 7.97. The Morgan fingerprint density at radius 1 is 1.20 bits per heavy atom. The van der Waals surface area contributed by atoms with Gasteiger partial charge in [-0.2, -0.15) is 5.10 Å². The Morgan fingerprint density at radius 2 is 2.00 bits per heavy atom. The maximum atomic E-state index is 5.71. The van der Waals surface area contributed by atoms with Gasteiger partial charge in [0.15, 0.2) is 0 Å². The molecule has 0 aliphatic rings. The number of nitrogens with two attached hydrogens (primary N) is 1. The molecule has 5 nitrogen and oxygen atoms in total. The Balaban J connectivity index is 1.88. The van der Waals surface area contributed by atoms with Crippen molar-refractivity contribution in [1.82, 2.24) is 20.0 Å². The molecular weight excluding hydrogens is 250 g/mol. The van der Waals surface area contributed by atoms with Crippen molar-refractivity contribution in [2.75, 3.05) is 0 Å². The quantitative estimate of drug-likeness (QED) is 0.419. The average Bonchev–Trinajstić information content (AvgIpc) is 2.91. The van der Waals surface area contributed by atoms with E-state index >= 15 is 0 Å². The van der Waals surface area contributed by atoms with Crippen LogP contribution >= 0.6 is 0 Å². The van der Waals surface area contributed by atoms with Gasteiger partial charge in [-0.15, -0.1) is 0 Å². The van der Waals surface area contributed by atoms with Gasteiger partial charge < -0.3 is 0 Å². The van der Waals surface area contributed by atoms with Gasteiger partial charge in [-0.25, -0.2) is 4.52 Å². The lowest BCUT2D eigenvalue weighted by Crippen LogP contribution is -2.27. The summed E-state index contributed by atoms with van der Waals surface area (Å²) in [4.78, 5) is 4.16. The summed E-state index contributed by atoms with van der Waals surface area (Å²) in [5.74, 6) is 5.71. The smallest absolute Gasteiger partial charge is 0.0893 e. The third-order valence-electron chi connectivity index (χ3n) is 3.78. The molecule has 3 N–H and O–H groups in total. The summed E-state index contributed by atoms with van der Waals surface area (Å²) in [7, 11) is 0. The highest BCUT2D eigenvalue weighted by molar-refractivity contribution is 5.53. The Kier molecular flexibility index (Phi) is 5.95. The first kappa shape index (κ1) is 14.9. The maximum Gasteiger partial charge on any atom is 0.0893 e. The van der Waals surface area contributed by atoms with Gasteiger partial charge in [0.2, 0.25) is 0 Å². The van der Waals surface area contributed by atoms with Crippen LogP contribution in [-0.2, 0) is 0 Å². The van der Waals surface area contributed by atoms with Crippen LogP contribution in [0.4, 0.5) is 0 Å². The molecule has 0 aliphatic carbocycles. The highest BCUT2D eigenvalue weighted by Gasteiger charge is 2.14. The van der Waals surface area contributed by atoms with Crippen molar-refractivity contribution in [2.45, 2.75) is 57.9 Å². The minimum absolute atomic E-state index is 0.155. The molecule has 2 heterocycles. The molecule has 0 spiro atoms. The molecule has 0 saturated heterocycles. The zero-order chi connectivity index (χ0) is 14.2. The predicted octanol–water partition coefficient (Wildman–Crippen LogP) is 2.98. The zero-order valence-electron chi connectivity index (χ0n) is 12.3. The number of aromatic nitrogens is 3. The number of rotatable bonds is 9. The number of fused-ring (bicyclic) bond motifs is 1. The molecule has 0 aromatic carbocycles. The number of hydrazine groups is 1. The van der Waals surface area contributed by atoms with Gasteiger partial charge in [0.25, 0.3) is 0 Å². The van der Waals surface area contributed by atoms with E-state index in [2.05, 4.69) is 22.4 Å². The molecule has 0 fully saturated rings. The van der Waals surface area contributed by atoms with Gasteiger partial charge in [0.1, 0.15) is 0 Å². The standard InChI is InChI=1S/C15H25N5/c1-2-3-4-5-6-7-8-14(19-16)13-11-18-20-10-9-17-12-15(13)20/h9-12,14,19H,2-8,16H2,1H3. The summed E-state index contributed by atoms with van der Waals surface area (Å²) < 4.78 is 1.84. The van der Waals surface area contributed by atoms with Gasteiger partial charge in [-0.3, -0.25) is 16.3 Å². The van der Waals surface area contributed by atoms with Crippen LogP contribution in [0.15, 0.2) is 24.8 Å². The Labute approximate surface area is 120 Å². The van der Waals surface area contributed by atoms with E-state index in [0.717, 1.165) is 17.5 Å². The number of nitrogens with one attached hydrogen (secondary N) is 1. The lowest BCUT2D eigenvalue weighted by molar-refractivity contribution is 0.479. The lowest BCUT2D eigenvalue weighted by Gasteiger charge is -2.14. The van der Waals surface area contributed by atoms with Gasteiger partial charge in [0.05, 0.1) is 17.9 Å². The van der Waals surface area contributed by atoms with Gasteiger partial charge in [-0.05, 0) is 6.42 Å². The Hall–Kier alpha value is -1.46. The van der Waals surface area contributed by atoms with E-state index < -0.39 is 0 Å². The topological polar surface area (TPSA) is 68.2 Å². The van der Waals surface area contributed by atoms with Crippen molar-refractivity contribution in [3.05, 3.63) is 30.4 Å². The van der Waals surface area contributed by atoms with Crippen LogP contribution in [0.3, 0.4) is 0 Å². The molecule has 2 aromatic heterocycles. The first-order valence-corrected chi connectivity index (χ1v) is 7.60. The average molecular weight is 275 g/mol. The summed E-state index contributed by atoms with van der Waals surface area (Å²) in [5, 5.41) is 4.34. The highest BCUT2D eigenvalue weighted by atomic mass is 15.3. The summed E-state index contributed by atoms with van der Waals surface area (Å²) in [6, 6.07) is 0.155. The van der Waals surface area contributed by atoms with Gasteiger partial charge in [0, 0.05) is 24.0 Å². The first-order valence-electron chi connectivity index (χ1n) is 7.60. The van der Waals surface area contributed by atoms with E-state index in [4.69, 9.17) is 5.84 Å². The highest BCUT2D eigenvalue weighted by Crippen LogP contribution is 2.23. The molecule has 1 unspecified atom stereocenters. The fourth-order valence-electron chi connectivity index (χ4n) is 2.58. The van der Waals surface area contributed by atoms with Crippen molar-refractivity contribution in [2.24, 2.45) is 5.84 Å². The molecule has 0 aliphatic heterocycles. The van der Waals surface area contributed by atoms with E-state index in [1.54, 1.807) is 6.20 Å². The first-order chi connectivity index (χ1) is 9.86. The molecule has 0 bridgehead atoms. The van der Waals surface area contributed by atoms with E-state index in [1.165, 1.54) is 38.5 Å². The number of unbranched alkanes of at least 4 members (excludes halogenated alkanes) is 5. The monoisotopic (exact) mass is 275 g/mol. The maximum absolute atomic E-state index is 5.71. The van der Waals surface area contributed by atoms with Crippen molar-refractivity contribution >= 4 is 5.52 Å². The van der Waals surface area contributed by atoms with E-state index in [-0.39, 0.29) is 6.04 Å². The summed E-state index contributed by atoms with van der Waals surface area (Å²) in [6.45, 7) is 2.24. The van der Waals surface area contributed by atoms with E-state index in [0.29, 0.717) is 0 Å². The lowest BCUT2D eigenvalue weighted by atomic mass is 10.0. The van der Waals surface area contributed by atoms with Crippen LogP contribution in [0.2, 0.25) is 0 Å². The zero-order valence-corrected chi connectivity index (χ0v) is 12.3. The number of nitrogens with zero attached hydrogens (tertiary/aromatic N) is 3. The van der Waals surface area contributed by atoms with Crippen molar-refractivity contribution in [1.29, 1.82) is 0 Å². The summed E-state index contributed by atoms with van der Waals surface area (Å²) >= 11 is 0. The fourth-order valence-corrected chi connectivity index (χ4v) is 2.58. The minimum Gasteiger partial charge on any atom is -0.271 e. The second-order valence-electron chi connectivity index (χ2n) is 5.28. The van der Waals surface area contributed by atoms with Crippen LogP contribution in [0, 0.1) is 0 Å². The molecule has 110 valence electrons. The van der Waals surface area contributed by atoms with E-state index in [1.807, 2.05) is 23.1 Å². The largest absolute Gasteiger partial charge is 0.271 e. The number of hydrogen-bond acceptors (Lipinski definition) is 4. The van der Waals surface area contributed by atoms with Gasteiger partial charge in [-0.1, -0.05) is 45.4 Å². The molecular formula is C15H25N5. The van der Waals surface area contributed by atoms with Crippen LogP contribution < -0.4 is 11.3 Å². The van der Waals surface area contributed by atoms with Crippen molar-refractivity contribution < 1.29 is 0 Å². The Morgan fingerprint density at radius 3 is 2.80 bits per heavy atom. The van der Waals surface area contributed by atoms with Crippen molar-refractivity contribution in [3.8, 4) is 0 Å². The summed E-state index contributed by atoms with van der Waals surface area (Å²) in [5.41, 5.74) is 5.08.